The van der Waals surface area contributed by atoms with E-state index in [-0.39, 0.29) is 12.6 Å². The average Bonchev–Trinajstić information content (AvgIpc) is 2.88. The molecule has 0 aliphatic carbocycles. The molecule has 0 fully saturated rings. The molecule has 2 rings (SSSR count). The highest BCUT2D eigenvalue weighted by molar-refractivity contribution is 5.92. The summed E-state index contributed by atoms with van der Waals surface area (Å²) in [6.07, 6.45) is 2.56. The Labute approximate surface area is 123 Å². The molecular weight excluding hydrogens is 270 g/mol. The van der Waals surface area contributed by atoms with Crippen LogP contribution in [0.1, 0.15) is 6.42 Å². The molecule has 2 aromatic rings. The Kier molecular flexibility index (Phi) is 5.59. The van der Waals surface area contributed by atoms with E-state index < -0.39 is 0 Å². The van der Waals surface area contributed by atoms with E-state index >= 15 is 0 Å². The van der Waals surface area contributed by atoms with E-state index in [9.17, 15) is 4.79 Å². The molecule has 6 heteroatoms. The molecule has 114 valence electrons. The molecule has 0 saturated carbocycles. The Morgan fingerprint density at radius 3 is 3.00 bits per heavy atom. The van der Waals surface area contributed by atoms with Crippen molar-refractivity contribution >= 4 is 22.6 Å². The van der Waals surface area contributed by atoms with Gasteiger partial charge in [0.15, 0.2) is 0 Å². The Hall–Kier alpha value is -2.05. The second-order valence-corrected chi connectivity index (χ2v) is 4.73. The second-order valence-electron chi connectivity index (χ2n) is 4.73. The number of nitrogens with zero attached hydrogens (tertiary/aromatic N) is 1. The van der Waals surface area contributed by atoms with Crippen molar-refractivity contribution in [2.24, 2.45) is 0 Å². The number of anilines is 1. The van der Waals surface area contributed by atoms with Crippen LogP contribution in [0, 0.1) is 0 Å². The number of aliphatic hydroxyl groups is 1. The average molecular weight is 291 g/mol. The minimum absolute atomic E-state index is 0.0687. The lowest BCUT2D eigenvalue weighted by Gasteiger charge is -2.09. The molecule has 0 bridgehead atoms. The molecular formula is C15H21N3O3. The maximum Gasteiger partial charge on any atom is 0.319 e. The van der Waals surface area contributed by atoms with Crippen LogP contribution >= 0.6 is 0 Å². The summed E-state index contributed by atoms with van der Waals surface area (Å²) in [6.45, 7) is 1.93. The van der Waals surface area contributed by atoms with E-state index in [0.717, 1.165) is 23.1 Å². The quantitative estimate of drug-likeness (QED) is 0.681. The Morgan fingerprint density at radius 1 is 1.38 bits per heavy atom. The van der Waals surface area contributed by atoms with Gasteiger partial charge < -0.3 is 25.0 Å². The van der Waals surface area contributed by atoms with Crippen molar-refractivity contribution in [3.63, 3.8) is 0 Å². The molecule has 0 aliphatic rings. The number of amides is 2. The molecule has 0 spiro atoms. The van der Waals surface area contributed by atoms with Gasteiger partial charge in [-0.05, 0) is 30.0 Å². The highest BCUT2D eigenvalue weighted by Gasteiger charge is 2.05. The summed E-state index contributed by atoms with van der Waals surface area (Å²) < 4.78 is 7.18. The normalized spacial score (nSPS) is 10.8. The zero-order valence-electron chi connectivity index (χ0n) is 12.1. The molecule has 0 unspecified atom stereocenters. The van der Waals surface area contributed by atoms with Crippen molar-refractivity contribution in [1.29, 1.82) is 0 Å². The minimum Gasteiger partial charge on any atom is -0.396 e. The van der Waals surface area contributed by atoms with Crippen LogP contribution in [0.15, 0.2) is 30.5 Å². The summed E-state index contributed by atoms with van der Waals surface area (Å²) in [6, 6.07) is 7.56. The lowest BCUT2D eigenvalue weighted by Crippen LogP contribution is -2.29. The highest BCUT2D eigenvalue weighted by atomic mass is 16.5. The highest BCUT2D eigenvalue weighted by Crippen LogP contribution is 2.20. The number of aliphatic hydroxyl groups excluding tert-OH is 1. The Morgan fingerprint density at radius 2 is 2.24 bits per heavy atom. The van der Waals surface area contributed by atoms with Gasteiger partial charge in [-0.3, -0.25) is 0 Å². The molecule has 3 N–H and O–H groups in total. The number of fused-ring (bicyclic) bond motifs is 1. The van der Waals surface area contributed by atoms with Gasteiger partial charge in [-0.2, -0.15) is 0 Å². The summed E-state index contributed by atoms with van der Waals surface area (Å²) >= 11 is 0. The third kappa shape index (κ3) is 4.21. The van der Waals surface area contributed by atoms with E-state index in [4.69, 9.17) is 9.84 Å². The molecule has 1 heterocycles. The molecule has 0 radical (unpaired) electrons. The van der Waals surface area contributed by atoms with Gasteiger partial charge in [0.2, 0.25) is 0 Å². The largest absolute Gasteiger partial charge is 0.396 e. The molecule has 6 nitrogen and oxygen atoms in total. The van der Waals surface area contributed by atoms with Crippen molar-refractivity contribution in [2.75, 3.05) is 32.2 Å². The Balaban J connectivity index is 2.05. The van der Waals surface area contributed by atoms with Gasteiger partial charge in [-0.15, -0.1) is 0 Å². The first kappa shape index (κ1) is 15.3. The van der Waals surface area contributed by atoms with Gasteiger partial charge in [-0.25, -0.2) is 4.79 Å². The van der Waals surface area contributed by atoms with Crippen LogP contribution in [0.4, 0.5) is 10.5 Å². The maximum atomic E-state index is 11.7. The number of benzene rings is 1. The van der Waals surface area contributed by atoms with Crippen molar-refractivity contribution in [1.82, 2.24) is 9.88 Å². The third-order valence-corrected chi connectivity index (χ3v) is 3.19. The summed E-state index contributed by atoms with van der Waals surface area (Å²) in [4.78, 5) is 11.7. The number of aromatic nitrogens is 1. The van der Waals surface area contributed by atoms with Crippen LogP contribution in [0.3, 0.4) is 0 Å². The first-order valence-corrected chi connectivity index (χ1v) is 6.98. The van der Waals surface area contributed by atoms with Crippen molar-refractivity contribution in [2.45, 2.75) is 13.0 Å². The standard InChI is InChI=1S/C15H21N3O3/c1-21-10-8-18-7-5-12-3-4-13(11-14(12)18)17-15(20)16-6-2-9-19/h3-5,7,11,19H,2,6,8-10H2,1H3,(H2,16,17,20). The second kappa shape index (κ2) is 7.66. The van der Waals surface area contributed by atoms with E-state index in [0.29, 0.717) is 19.6 Å². The van der Waals surface area contributed by atoms with Crippen LogP contribution in [-0.4, -0.2) is 42.6 Å². The topological polar surface area (TPSA) is 75.5 Å². The zero-order valence-corrected chi connectivity index (χ0v) is 12.1. The fraction of sp³-hybridized carbons (Fsp3) is 0.400. The lowest BCUT2D eigenvalue weighted by atomic mass is 10.2. The molecule has 0 atom stereocenters. The SMILES string of the molecule is COCCn1ccc2ccc(NC(=O)NCCCO)cc21. The van der Waals surface area contributed by atoms with Gasteiger partial charge in [0.25, 0.3) is 0 Å². The number of carbonyl (C=O) groups is 1. The molecule has 2 amide bonds. The maximum absolute atomic E-state index is 11.7. The van der Waals surface area contributed by atoms with E-state index in [1.54, 1.807) is 7.11 Å². The van der Waals surface area contributed by atoms with Crippen LogP contribution in [0.25, 0.3) is 10.9 Å². The molecule has 21 heavy (non-hydrogen) atoms. The summed E-state index contributed by atoms with van der Waals surface area (Å²) in [5.74, 6) is 0. The van der Waals surface area contributed by atoms with Gasteiger partial charge in [-0.1, -0.05) is 6.07 Å². The van der Waals surface area contributed by atoms with Gasteiger partial charge in [0.05, 0.1) is 12.1 Å². The van der Waals surface area contributed by atoms with E-state index in [1.807, 2.05) is 30.5 Å². The summed E-state index contributed by atoms with van der Waals surface area (Å²) in [5.41, 5.74) is 1.79. The smallest absolute Gasteiger partial charge is 0.319 e. The van der Waals surface area contributed by atoms with Crippen LogP contribution in [0.2, 0.25) is 0 Å². The van der Waals surface area contributed by atoms with E-state index in [1.165, 1.54) is 0 Å². The molecule has 0 aliphatic heterocycles. The predicted octanol–water partition coefficient (Wildman–Crippen LogP) is 1.79. The van der Waals surface area contributed by atoms with Crippen LogP contribution < -0.4 is 10.6 Å². The fourth-order valence-electron chi connectivity index (χ4n) is 2.10. The monoisotopic (exact) mass is 291 g/mol. The Bertz CT molecular complexity index is 595. The van der Waals surface area contributed by atoms with Crippen molar-refractivity contribution in [3.05, 3.63) is 30.5 Å². The number of hydrogen-bond donors (Lipinski definition) is 3. The number of carbonyl (C=O) groups excluding carboxylic acids is 1. The molecule has 1 aromatic carbocycles. The number of methoxy groups -OCH3 is 1. The zero-order chi connectivity index (χ0) is 15.1. The van der Waals surface area contributed by atoms with Crippen LogP contribution in [0.5, 0.6) is 0 Å². The number of nitrogens with one attached hydrogen (secondary N) is 2. The van der Waals surface area contributed by atoms with Gasteiger partial charge >= 0.3 is 6.03 Å². The lowest BCUT2D eigenvalue weighted by molar-refractivity contribution is 0.188. The summed E-state index contributed by atoms with van der Waals surface area (Å²) in [7, 11) is 1.68. The third-order valence-electron chi connectivity index (χ3n) is 3.19. The first-order valence-electron chi connectivity index (χ1n) is 6.98. The van der Waals surface area contributed by atoms with Gasteiger partial charge in [0, 0.05) is 38.7 Å². The number of rotatable bonds is 7. The molecule has 0 saturated heterocycles. The molecule has 1 aromatic heterocycles. The van der Waals surface area contributed by atoms with Gasteiger partial charge in [0.1, 0.15) is 0 Å². The number of ether oxygens (including phenoxy) is 1. The fourth-order valence-corrected chi connectivity index (χ4v) is 2.10. The predicted molar refractivity (Wildman–Crippen MR) is 82.5 cm³/mol. The van der Waals surface area contributed by atoms with Crippen molar-refractivity contribution < 1.29 is 14.6 Å². The minimum atomic E-state index is -0.266. The number of urea groups is 1. The number of hydrogen-bond acceptors (Lipinski definition) is 3. The van der Waals surface area contributed by atoms with Crippen molar-refractivity contribution in [3.8, 4) is 0 Å². The first-order chi connectivity index (χ1) is 10.2. The summed E-state index contributed by atoms with van der Waals surface area (Å²) in [5, 5.41) is 15.3. The van der Waals surface area contributed by atoms with E-state index in [2.05, 4.69) is 15.2 Å². The van der Waals surface area contributed by atoms with Crippen LogP contribution in [-0.2, 0) is 11.3 Å².